The topological polar surface area (TPSA) is 21.7 Å². The van der Waals surface area contributed by atoms with E-state index in [1.165, 1.54) is 24.9 Å². The highest BCUT2D eigenvalue weighted by atomic mass is 32.1. The van der Waals surface area contributed by atoms with Crippen LogP contribution in [0, 0.1) is 17.3 Å². The molecule has 0 radical (unpaired) electrons. The average Bonchev–Trinajstić information content (AvgIpc) is 2.84. The maximum absolute atomic E-state index is 6.03. The second-order valence-corrected chi connectivity index (χ2v) is 7.61. The number of hydrogen-bond acceptors (Lipinski definition) is 4. The summed E-state index contributed by atoms with van der Waals surface area (Å²) in [6.07, 6.45) is 2.74. The van der Waals surface area contributed by atoms with Crippen molar-refractivity contribution < 1.29 is 9.47 Å². The Hall–Kier alpha value is -0.420. The lowest BCUT2D eigenvalue weighted by molar-refractivity contribution is 0.0222. The van der Waals surface area contributed by atoms with Gasteiger partial charge in [-0.25, -0.2) is 0 Å². The monoisotopic (exact) mass is 293 g/mol. The molecule has 0 N–H and O–H groups in total. The lowest BCUT2D eigenvalue weighted by atomic mass is 9.82. The van der Waals surface area contributed by atoms with E-state index in [0.29, 0.717) is 5.92 Å². The van der Waals surface area contributed by atoms with Gasteiger partial charge in [-0.2, -0.15) is 11.3 Å². The van der Waals surface area contributed by atoms with Crippen LogP contribution < -0.4 is 0 Å². The van der Waals surface area contributed by atoms with Crippen molar-refractivity contribution in [3.05, 3.63) is 22.4 Å². The van der Waals surface area contributed by atoms with Crippen LogP contribution in [0.3, 0.4) is 0 Å². The number of ether oxygens (including phenoxy) is 2. The van der Waals surface area contributed by atoms with Crippen molar-refractivity contribution in [3.8, 4) is 0 Å². The zero-order chi connectivity index (χ0) is 13.4. The fourth-order valence-corrected chi connectivity index (χ4v) is 4.28. The molecule has 1 aliphatic carbocycles. The van der Waals surface area contributed by atoms with Crippen LogP contribution in [-0.2, 0) is 16.0 Å². The molecule has 0 spiro atoms. The fourth-order valence-electron chi connectivity index (χ4n) is 3.62. The highest BCUT2D eigenvalue weighted by Gasteiger charge is 2.50. The average molecular weight is 293 g/mol. The maximum atomic E-state index is 6.03. The van der Waals surface area contributed by atoms with E-state index < -0.39 is 0 Å². The first-order chi connectivity index (χ1) is 9.84. The Morgan fingerprint density at radius 3 is 3.20 bits per heavy atom. The molecule has 110 valence electrons. The van der Waals surface area contributed by atoms with Crippen LogP contribution in [0.4, 0.5) is 0 Å². The van der Waals surface area contributed by atoms with Gasteiger partial charge in [0.05, 0.1) is 19.8 Å². The molecule has 2 atom stereocenters. The van der Waals surface area contributed by atoms with E-state index in [2.05, 4.69) is 21.7 Å². The van der Waals surface area contributed by atoms with E-state index >= 15 is 0 Å². The van der Waals surface area contributed by atoms with Gasteiger partial charge in [0.2, 0.25) is 0 Å². The Balaban J connectivity index is 1.36. The van der Waals surface area contributed by atoms with E-state index in [9.17, 15) is 0 Å². The number of likely N-dealkylation sites (tertiary alicyclic amines) is 1. The van der Waals surface area contributed by atoms with Gasteiger partial charge < -0.3 is 9.47 Å². The first kappa shape index (κ1) is 13.3. The molecule has 1 aromatic heterocycles. The first-order valence-corrected chi connectivity index (χ1v) is 8.67. The van der Waals surface area contributed by atoms with Crippen molar-refractivity contribution >= 4 is 11.3 Å². The summed E-state index contributed by atoms with van der Waals surface area (Å²) in [6, 6.07) is 2.24. The molecule has 2 aliphatic heterocycles. The predicted octanol–water partition coefficient (Wildman–Crippen LogP) is 2.62. The minimum Gasteiger partial charge on any atom is -0.380 e. The van der Waals surface area contributed by atoms with Gasteiger partial charge in [-0.3, -0.25) is 4.90 Å². The van der Waals surface area contributed by atoms with Gasteiger partial charge in [0, 0.05) is 37.6 Å². The Morgan fingerprint density at radius 2 is 2.40 bits per heavy atom. The van der Waals surface area contributed by atoms with E-state index in [0.717, 1.165) is 45.4 Å². The zero-order valence-electron chi connectivity index (χ0n) is 11.9. The number of fused-ring (bicyclic) bond motifs is 1. The molecule has 0 aromatic carbocycles. The third kappa shape index (κ3) is 2.67. The van der Waals surface area contributed by atoms with Crippen LogP contribution in [0.25, 0.3) is 0 Å². The second-order valence-electron chi connectivity index (χ2n) is 6.83. The van der Waals surface area contributed by atoms with E-state index in [1.54, 1.807) is 11.3 Å². The third-order valence-electron chi connectivity index (χ3n) is 5.02. The summed E-state index contributed by atoms with van der Waals surface area (Å²) in [6.45, 7) is 7.08. The normalized spacial score (nSPS) is 33.7. The quantitative estimate of drug-likeness (QED) is 0.805. The Kier molecular flexibility index (Phi) is 3.59. The van der Waals surface area contributed by atoms with Gasteiger partial charge in [-0.05, 0) is 41.1 Å². The van der Waals surface area contributed by atoms with Gasteiger partial charge in [0.25, 0.3) is 0 Å². The lowest BCUT2D eigenvalue weighted by Gasteiger charge is -2.27. The molecule has 0 amide bonds. The Morgan fingerprint density at radius 1 is 1.45 bits per heavy atom. The van der Waals surface area contributed by atoms with Crippen LogP contribution >= 0.6 is 11.3 Å². The first-order valence-electron chi connectivity index (χ1n) is 7.73. The molecule has 1 aromatic rings. The molecular weight excluding hydrogens is 270 g/mol. The minimum absolute atomic E-state index is 0.269. The highest BCUT2D eigenvalue weighted by Crippen LogP contribution is 2.42. The van der Waals surface area contributed by atoms with Crippen LogP contribution in [0.5, 0.6) is 0 Å². The van der Waals surface area contributed by atoms with E-state index in [1.807, 2.05) is 0 Å². The van der Waals surface area contributed by atoms with Crippen molar-refractivity contribution in [2.45, 2.75) is 19.4 Å². The van der Waals surface area contributed by atoms with Crippen LogP contribution in [-0.4, -0.2) is 44.4 Å². The number of thiophene rings is 1. The summed E-state index contributed by atoms with van der Waals surface area (Å²) >= 11 is 1.79. The number of nitrogens with zero attached hydrogens (tertiary/aromatic N) is 1. The molecule has 4 rings (SSSR count). The smallest absolute Gasteiger partial charge is 0.0561 e. The SMILES string of the molecule is c1cc(CN2C[C@@H]3COC[C@]3(COCC3CC3)C2)cs1. The molecular formula is C16H23NO2S. The molecule has 3 nitrogen and oxygen atoms in total. The summed E-state index contributed by atoms with van der Waals surface area (Å²) < 4.78 is 11.8. The van der Waals surface area contributed by atoms with Crippen molar-refractivity contribution in [2.24, 2.45) is 17.3 Å². The van der Waals surface area contributed by atoms with E-state index in [-0.39, 0.29) is 5.41 Å². The van der Waals surface area contributed by atoms with Crippen LogP contribution in [0.15, 0.2) is 16.8 Å². The Bertz CT molecular complexity index is 445. The minimum atomic E-state index is 0.269. The molecule has 0 bridgehead atoms. The zero-order valence-corrected chi connectivity index (χ0v) is 12.7. The maximum Gasteiger partial charge on any atom is 0.0561 e. The molecule has 3 fully saturated rings. The van der Waals surface area contributed by atoms with Crippen molar-refractivity contribution in [3.63, 3.8) is 0 Å². The van der Waals surface area contributed by atoms with E-state index in [4.69, 9.17) is 9.47 Å². The molecule has 0 unspecified atom stereocenters. The van der Waals surface area contributed by atoms with Crippen molar-refractivity contribution in [1.82, 2.24) is 4.90 Å². The second kappa shape index (κ2) is 5.41. The summed E-state index contributed by atoms with van der Waals surface area (Å²) in [5.41, 5.74) is 1.72. The van der Waals surface area contributed by atoms with Crippen LogP contribution in [0.1, 0.15) is 18.4 Å². The standard InChI is InChI=1S/C16H23NO2S/c1-2-13(1)7-18-11-16-10-17(5-14-3-4-20-9-14)6-15(16)8-19-12-16/h3-4,9,13,15H,1-2,5-8,10-12H2/t15-,16-/m1/s1. The molecule has 4 heteroatoms. The molecule has 3 heterocycles. The Labute approximate surface area is 124 Å². The summed E-state index contributed by atoms with van der Waals surface area (Å²) in [4.78, 5) is 2.59. The van der Waals surface area contributed by atoms with Gasteiger partial charge in [0.15, 0.2) is 0 Å². The molecule has 2 saturated heterocycles. The lowest BCUT2D eigenvalue weighted by Crippen LogP contribution is -2.35. The molecule has 3 aliphatic rings. The van der Waals surface area contributed by atoms with Crippen molar-refractivity contribution in [1.29, 1.82) is 0 Å². The molecule has 1 saturated carbocycles. The third-order valence-corrected chi connectivity index (χ3v) is 5.75. The van der Waals surface area contributed by atoms with Gasteiger partial charge in [-0.1, -0.05) is 0 Å². The highest BCUT2D eigenvalue weighted by molar-refractivity contribution is 7.07. The van der Waals surface area contributed by atoms with Gasteiger partial charge >= 0.3 is 0 Å². The van der Waals surface area contributed by atoms with Gasteiger partial charge in [-0.15, -0.1) is 0 Å². The molecule has 20 heavy (non-hydrogen) atoms. The van der Waals surface area contributed by atoms with Crippen molar-refractivity contribution in [2.75, 3.05) is 39.5 Å². The van der Waals surface area contributed by atoms with Gasteiger partial charge in [0.1, 0.15) is 0 Å². The summed E-state index contributed by atoms with van der Waals surface area (Å²) in [5, 5.41) is 4.44. The van der Waals surface area contributed by atoms with Crippen LogP contribution in [0.2, 0.25) is 0 Å². The fraction of sp³-hybridized carbons (Fsp3) is 0.750. The summed E-state index contributed by atoms with van der Waals surface area (Å²) in [7, 11) is 0. The number of hydrogen-bond donors (Lipinski definition) is 0. The summed E-state index contributed by atoms with van der Waals surface area (Å²) in [5.74, 6) is 1.52. The number of rotatable bonds is 6. The predicted molar refractivity (Wildman–Crippen MR) is 79.9 cm³/mol. The largest absolute Gasteiger partial charge is 0.380 e.